The van der Waals surface area contributed by atoms with Gasteiger partial charge in [0.2, 0.25) is 0 Å². The summed E-state index contributed by atoms with van der Waals surface area (Å²) in [6.45, 7) is 2.77. The first-order chi connectivity index (χ1) is 11.7. The molecule has 2 saturated heterocycles. The van der Waals surface area contributed by atoms with E-state index in [9.17, 15) is 9.59 Å². The number of piperazine rings is 1. The fourth-order valence-corrected chi connectivity index (χ4v) is 3.20. The third-order valence-corrected chi connectivity index (χ3v) is 4.56. The van der Waals surface area contributed by atoms with Gasteiger partial charge in [-0.1, -0.05) is 0 Å². The molecule has 1 unspecified atom stereocenters. The predicted octanol–water partition coefficient (Wildman–Crippen LogP) is 0.193. The number of nitrogens with zero attached hydrogens (tertiary/aromatic N) is 5. The number of aromatic nitrogens is 3. The molecule has 0 radical (unpaired) electrons. The third kappa shape index (κ3) is 2.73. The minimum Gasteiger partial charge on any atom is -0.368 e. The standard InChI is InChI=1S/C16H19N5O3/c22-15(12-3-4-14-17-5-6-21(14)18-12)19-7-9-20(10-8-19)16(23)13-2-1-11-24-13/h3-6,13H,1-2,7-11H2. The van der Waals surface area contributed by atoms with Crippen LogP contribution in [0.1, 0.15) is 23.3 Å². The average Bonchev–Trinajstić information content (AvgIpc) is 3.31. The van der Waals surface area contributed by atoms with Gasteiger partial charge in [0.25, 0.3) is 11.8 Å². The van der Waals surface area contributed by atoms with Gasteiger partial charge in [0.1, 0.15) is 11.8 Å². The van der Waals surface area contributed by atoms with Crippen LogP contribution < -0.4 is 0 Å². The number of imidazole rings is 1. The first-order valence-corrected chi connectivity index (χ1v) is 8.22. The minimum absolute atomic E-state index is 0.0533. The fourth-order valence-electron chi connectivity index (χ4n) is 3.20. The quantitative estimate of drug-likeness (QED) is 0.786. The van der Waals surface area contributed by atoms with E-state index in [4.69, 9.17) is 4.74 Å². The SMILES string of the molecule is O=C(c1ccc2nccn2n1)N1CCN(C(=O)C2CCCO2)CC1. The van der Waals surface area contributed by atoms with Gasteiger partial charge in [-0.3, -0.25) is 9.59 Å². The van der Waals surface area contributed by atoms with Crippen molar-refractivity contribution < 1.29 is 14.3 Å². The summed E-state index contributed by atoms with van der Waals surface area (Å²) in [5, 5.41) is 4.29. The van der Waals surface area contributed by atoms with Crippen LogP contribution in [0.15, 0.2) is 24.5 Å². The summed E-state index contributed by atoms with van der Waals surface area (Å²) in [6, 6.07) is 3.46. The number of carbonyl (C=O) groups is 2. The van der Waals surface area contributed by atoms with Crippen molar-refractivity contribution in [3.8, 4) is 0 Å². The van der Waals surface area contributed by atoms with E-state index < -0.39 is 0 Å². The highest BCUT2D eigenvalue weighted by Gasteiger charge is 2.31. The number of fused-ring (bicyclic) bond motifs is 1. The van der Waals surface area contributed by atoms with E-state index in [1.54, 1.807) is 38.8 Å². The largest absolute Gasteiger partial charge is 0.368 e. The minimum atomic E-state index is -0.294. The Morgan fingerprint density at radius 3 is 2.67 bits per heavy atom. The van der Waals surface area contributed by atoms with E-state index in [1.807, 2.05) is 0 Å². The predicted molar refractivity (Wildman–Crippen MR) is 84.4 cm³/mol. The summed E-state index contributed by atoms with van der Waals surface area (Å²) in [5.41, 5.74) is 1.10. The number of carbonyl (C=O) groups excluding carboxylic acids is 2. The lowest BCUT2D eigenvalue weighted by Crippen LogP contribution is -2.53. The average molecular weight is 329 g/mol. The molecular weight excluding hydrogens is 310 g/mol. The molecule has 4 heterocycles. The second-order valence-electron chi connectivity index (χ2n) is 6.07. The zero-order valence-corrected chi connectivity index (χ0v) is 13.3. The summed E-state index contributed by atoms with van der Waals surface area (Å²) in [7, 11) is 0. The summed E-state index contributed by atoms with van der Waals surface area (Å²) in [5.74, 6) is -0.0626. The molecule has 126 valence electrons. The van der Waals surface area contributed by atoms with Gasteiger partial charge in [0.15, 0.2) is 5.65 Å². The van der Waals surface area contributed by atoms with Gasteiger partial charge in [-0.25, -0.2) is 9.50 Å². The van der Waals surface area contributed by atoms with Crippen molar-refractivity contribution in [1.82, 2.24) is 24.4 Å². The van der Waals surface area contributed by atoms with Crippen LogP contribution in [0, 0.1) is 0 Å². The van der Waals surface area contributed by atoms with Crippen molar-refractivity contribution in [2.24, 2.45) is 0 Å². The van der Waals surface area contributed by atoms with Crippen LogP contribution in [0.25, 0.3) is 5.65 Å². The molecule has 2 aromatic rings. The number of ether oxygens (including phenoxy) is 1. The Morgan fingerprint density at radius 2 is 1.92 bits per heavy atom. The molecule has 1 atom stereocenters. The van der Waals surface area contributed by atoms with Crippen molar-refractivity contribution in [3.05, 3.63) is 30.2 Å². The molecular formula is C16H19N5O3. The Morgan fingerprint density at radius 1 is 1.12 bits per heavy atom. The second-order valence-corrected chi connectivity index (χ2v) is 6.07. The highest BCUT2D eigenvalue weighted by atomic mass is 16.5. The second kappa shape index (κ2) is 6.20. The van der Waals surface area contributed by atoms with E-state index >= 15 is 0 Å². The molecule has 0 saturated carbocycles. The van der Waals surface area contributed by atoms with Crippen molar-refractivity contribution in [3.63, 3.8) is 0 Å². The van der Waals surface area contributed by atoms with Crippen molar-refractivity contribution >= 4 is 17.5 Å². The van der Waals surface area contributed by atoms with E-state index in [0.29, 0.717) is 44.1 Å². The number of hydrogen-bond acceptors (Lipinski definition) is 5. The van der Waals surface area contributed by atoms with Gasteiger partial charge < -0.3 is 14.5 Å². The molecule has 0 aromatic carbocycles. The number of rotatable bonds is 2. The highest BCUT2D eigenvalue weighted by Crippen LogP contribution is 2.16. The molecule has 8 nitrogen and oxygen atoms in total. The van der Waals surface area contributed by atoms with Gasteiger partial charge in [-0.15, -0.1) is 0 Å². The smallest absolute Gasteiger partial charge is 0.274 e. The molecule has 0 aliphatic carbocycles. The topological polar surface area (TPSA) is 80.0 Å². The van der Waals surface area contributed by atoms with Crippen LogP contribution in [0.3, 0.4) is 0 Å². The van der Waals surface area contributed by atoms with Gasteiger partial charge in [-0.05, 0) is 25.0 Å². The fraction of sp³-hybridized carbons (Fsp3) is 0.500. The van der Waals surface area contributed by atoms with Crippen LogP contribution in [0.2, 0.25) is 0 Å². The zero-order valence-electron chi connectivity index (χ0n) is 13.3. The van der Waals surface area contributed by atoms with Crippen LogP contribution in [0.5, 0.6) is 0 Å². The molecule has 4 rings (SSSR count). The van der Waals surface area contributed by atoms with E-state index in [-0.39, 0.29) is 17.9 Å². The molecule has 8 heteroatoms. The van der Waals surface area contributed by atoms with Crippen LogP contribution in [0.4, 0.5) is 0 Å². The summed E-state index contributed by atoms with van der Waals surface area (Å²) in [4.78, 5) is 32.6. The first kappa shape index (κ1) is 15.1. The molecule has 2 fully saturated rings. The molecule has 0 N–H and O–H groups in total. The van der Waals surface area contributed by atoms with E-state index in [1.165, 1.54) is 0 Å². The molecule has 2 aromatic heterocycles. The normalized spacial score (nSPS) is 21.4. The molecule has 2 aliphatic rings. The van der Waals surface area contributed by atoms with Crippen LogP contribution in [-0.4, -0.2) is 75.1 Å². The maximum atomic E-state index is 12.6. The van der Waals surface area contributed by atoms with Gasteiger partial charge in [-0.2, -0.15) is 5.10 Å². The van der Waals surface area contributed by atoms with E-state index in [2.05, 4.69) is 10.1 Å². The molecule has 2 amide bonds. The van der Waals surface area contributed by atoms with Gasteiger partial charge >= 0.3 is 0 Å². The summed E-state index contributed by atoms with van der Waals surface area (Å²) in [6.07, 6.45) is 4.80. The summed E-state index contributed by atoms with van der Waals surface area (Å²) >= 11 is 0. The summed E-state index contributed by atoms with van der Waals surface area (Å²) < 4.78 is 7.04. The van der Waals surface area contributed by atoms with Crippen molar-refractivity contribution in [1.29, 1.82) is 0 Å². The number of hydrogen-bond donors (Lipinski definition) is 0. The van der Waals surface area contributed by atoms with E-state index in [0.717, 1.165) is 12.8 Å². The molecule has 0 spiro atoms. The Bertz CT molecular complexity index is 760. The lowest BCUT2D eigenvalue weighted by Gasteiger charge is -2.35. The van der Waals surface area contributed by atoms with Crippen LogP contribution >= 0.6 is 0 Å². The van der Waals surface area contributed by atoms with Crippen LogP contribution in [-0.2, 0) is 9.53 Å². The highest BCUT2D eigenvalue weighted by molar-refractivity contribution is 5.92. The molecule has 0 bridgehead atoms. The van der Waals surface area contributed by atoms with Crippen molar-refractivity contribution in [2.75, 3.05) is 32.8 Å². The third-order valence-electron chi connectivity index (χ3n) is 4.56. The Hall–Kier alpha value is -2.48. The Labute approximate surface area is 139 Å². The zero-order chi connectivity index (χ0) is 16.5. The lowest BCUT2D eigenvalue weighted by atomic mass is 10.2. The van der Waals surface area contributed by atoms with Gasteiger partial charge in [0, 0.05) is 45.2 Å². The molecule has 2 aliphatic heterocycles. The lowest BCUT2D eigenvalue weighted by molar-refractivity contribution is -0.142. The monoisotopic (exact) mass is 329 g/mol. The van der Waals surface area contributed by atoms with Crippen molar-refractivity contribution in [2.45, 2.75) is 18.9 Å². The number of amides is 2. The Kier molecular flexibility index (Phi) is 3.89. The maximum absolute atomic E-state index is 12.6. The Balaban J connectivity index is 1.39. The maximum Gasteiger partial charge on any atom is 0.274 e. The molecule has 24 heavy (non-hydrogen) atoms. The van der Waals surface area contributed by atoms with Gasteiger partial charge in [0.05, 0.1) is 0 Å². The first-order valence-electron chi connectivity index (χ1n) is 8.22.